The van der Waals surface area contributed by atoms with Crippen LogP contribution >= 0.6 is 11.6 Å². The number of nitrogens with zero attached hydrogens (tertiary/aromatic N) is 3. The van der Waals surface area contributed by atoms with Crippen molar-refractivity contribution in [3.8, 4) is 11.5 Å². The lowest BCUT2D eigenvalue weighted by Crippen LogP contribution is -2.17. The maximum Gasteiger partial charge on any atom is 0.247 e. The zero-order chi connectivity index (χ0) is 17.8. The molecule has 1 N–H and O–H groups in total. The molecule has 1 heterocycles. The second kappa shape index (κ2) is 7.47. The molecule has 0 saturated heterocycles. The molecule has 0 spiro atoms. The summed E-state index contributed by atoms with van der Waals surface area (Å²) in [6, 6.07) is 14.7. The van der Waals surface area contributed by atoms with Crippen LogP contribution in [0.15, 0.2) is 52.9 Å². The first-order valence-electron chi connectivity index (χ1n) is 7.81. The molecule has 6 heteroatoms. The third-order valence-corrected chi connectivity index (χ3v) is 4.25. The second-order valence-corrected chi connectivity index (χ2v) is 6.17. The van der Waals surface area contributed by atoms with Gasteiger partial charge in [0.25, 0.3) is 0 Å². The van der Waals surface area contributed by atoms with Gasteiger partial charge in [0.2, 0.25) is 17.5 Å². The van der Waals surface area contributed by atoms with Gasteiger partial charge in [-0.3, -0.25) is 0 Å². The average Bonchev–Trinajstić information content (AvgIpc) is 3.10. The lowest BCUT2D eigenvalue weighted by molar-refractivity contribution is 0.148. The Morgan fingerprint density at radius 2 is 1.96 bits per heavy atom. The molecule has 2 atom stereocenters. The molecule has 0 saturated carbocycles. The normalized spacial score (nSPS) is 13.2. The molecule has 0 radical (unpaired) electrons. The van der Waals surface area contributed by atoms with E-state index in [-0.39, 0.29) is 5.92 Å². The summed E-state index contributed by atoms with van der Waals surface area (Å²) in [6.07, 6.45) is -0.199. The van der Waals surface area contributed by atoms with Crippen LogP contribution in [0.3, 0.4) is 0 Å². The Hall–Kier alpha value is -2.68. The Kier molecular flexibility index (Phi) is 5.13. The van der Waals surface area contributed by atoms with Crippen LogP contribution in [0.5, 0.6) is 0 Å². The molecule has 5 nitrogen and oxygen atoms in total. The van der Waals surface area contributed by atoms with Crippen LogP contribution in [0.4, 0.5) is 5.69 Å². The van der Waals surface area contributed by atoms with Crippen LogP contribution in [-0.2, 0) is 6.42 Å². The molecule has 1 aromatic heterocycles. The first-order valence-corrected chi connectivity index (χ1v) is 8.19. The van der Waals surface area contributed by atoms with E-state index in [0.717, 1.165) is 11.1 Å². The predicted molar refractivity (Wildman–Crippen MR) is 95.6 cm³/mol. The number of rotatable bonds is 5. The van der Waals surface area contributed by atoms with Crippen molar-refractivity contribution in [3.05, 3.63) is 76.4 Å². The molecule has 0 amide bonds. The summed E-state index contributed by atoms with van der Waals surface area (Å²) in [5.74, 6) is 0.432. The van der Waals surface area contributed by atoms with Crippen molar-refractivity contribution < 1.29 is 9.52 Å². The molecule has 0 fully saturated rings. The highest BCUT2D eigenvalue weighted by atomic mass is 35.5. The van der Waals surface area contributed by atoms with Gasteiger partial charge in [-0.25, -0.2) is 4.85 Å². The molecular formula is C19H16ClN3O2. The SMILES string of the molecule is [C-]#[N+]c1ccc(C[C@@H](c2nnc(-c3ccccc3)o2)[C@H](C)O)cc1Cl. The van der Waals surface area contributed by atoms with E-state index >= 15 is 0 Å². The molecule has 3 aromatic rings. The number of aromatic nitrogens is 2. The Labute approximate surface area is 150 Å². The van der Waals surface area contributed by atoms with Crippen molar-refractivity contribution in [2.75, 3.05) is 0 Å². The summed E-state index contributed by atoms with van der Waals surface area (Å²) >= 11 is 6.10. The molecule has 0 bridgehead atoms. The fourth-order valence-electron chi connectivity index (χ4n) is 2.57. The Morgan fingerprint density at radius 3 is 2.60 bits per heavy atom. The zero-order valence-electron chi connectivity index (χ0n) is 13.6. The van der Waals surface area contributed by atoms with Gasteiger partial charge in [-0.1, -0.05) is 48.0 Å². The summed E-state index contributed by atoms with van der Waals surface area (Å²) in [5, 5.41) is 18.8. The minimum atomic E-state index is -0.677. The quantitative estimate of drug-likeness (QED) is 0.678. The summed E-state index contributed by atoms with van der Waals surface area (Å²) in [5.41, 5.74) is 2.13. The van der Waals surface area contributed by atoms with Crippen LogP contribution in [-0.4, -0.2) is 21.4 Å². The number of benzene rings is 2. The number of aliphatic hydroxyl groups is 1. The minimum Gasteiger partial charge on any atom is -0.420 e. The van der Waals surface area contributed by atoms with Gasteiger partial charge in [0, 0.05) is 10.6 Å². The first-order chi connectivity index (χ1) is 12.1. The van der Waals surface area contributed by atoms with Crippen LogP contribution in [0.1, 0.15) is 24.3 Å². The predicted octanol–water partition coefficient (Wildman–Crippen LogP) is 4.65. The lowest BCUT2D eigenvalue weighted by Gasteiger charge is -2.16. The number of aliphatic hydroxyl groups excluding tert-OH is 1. The number of halogens is 1. The summed E-state index contributed by atoms with van der Waals surface area (Å²) in [6.45, 7) is 8.74. The fraction of sp³-hybridized carbons (Fsp3) is 0.211. The van der Waals surface area contributed by atoms with Gasteiger partial charge in [-0.05, 0) is 31.0 Å². The van der Waals surface area contributed by atoms with Crippen molar-refractivity contribution in [3.63, 3.8) is 0 Å². The highest BCUT2D eigenvalue weighted by molar-refractivity contribution is 6.33. The standard InChI is InChI=1S/C19H16ClN3O2/c1-12(24)15(10-13-8-9-17(21-2)16(20)11-13)19-23-22-18(25-19)14-6-4-3-5-7-14/h3-9,11-12,15,24H,10H2,1H3/t12-,15+/m0/s1. The van der Waals surface area contributed by atoms with E-state index in [9.17, 15) is 5.11 Å². The molecule has 2 aromatic carbocycles. The van der Waals surface area contributed by atoms with E-state index < -0.39 is 6.10 Å². The Morgan fingerprint density at radius 1 is 1.20 bits per heavy atom. The maximum absolute atomic E-state index is 10.2. The maximum atomic E-state index is 10.2. The van der Waals surface area contributed by atoms with E-state index in [0.29, 0.717) is 28.9 Å². The average molecular weight is 354 g/mol. The van der Waals surface area contributed by atoms with Gasteiger partial charge in [-0.15, -0.1) is 10.2 Å². The fourth-order valence-corrected chi connectivity index (χ4v) is 2.81. The van der Waals surface area contributed by atoms with Crippen LogP contribution in [0.2, 0.25) is 5.02 Å². The van der Waals surface area contributed by atoms with Crippen LogP contribution in [0.25, 0.3) is 16.3 Å². The van der Waals surface area contributed by atoms with Gasteiger partial charge in [0.1, 0.15) is 0 Å². The van der Waals surface area contributed by atoms with E-state index in [1.54, 1.807) is 19.1 Å². The van der Waals surface area contributed by atoms with Crippen LogP contribution < -0.4 is 0 Å². The van der Waals surface area contributed by atoms with Gasteiger partial charge < -0.3 is 9.52 Å². The van der Waals surface area contributed by atoms with E-state index in [4.69, 9.17) is 22.6 Å². The zero-order valence-corrected chi connectivity index (χ0v) is 14.3. The highest BCUT2D eigenvalue weighted by Crippen LogP contribution is 2.30. The molecule has 0 aliphatic carbocycles. The molecule has 126 valence electrons. The Balaban J connectivity index is 1.86. The first kappa shape index (κ1) is 17.2. The summed E-state index contributed by atoms with van der Waals surface area (Å²) in [7, 11) is 0. The molecule has 3 rings (SSSR count). The minimum absolute atomic E-state index is 0.361. The van der Waals surface area contributed by atoms with Gasteiger partial charge in [-0.2, -0.15) is 0 Å². The van der Waals surface area contributed by atoms with E-state index in [1.165, 1.54) is 0 Å². The van der Waals surface area contributed by atoms with Crippen molar-refractivity contribution in [1.82, 2.24) is 10.2 Å². The van der Waals surface area contributed by atoms with Crippen molar-refractivity contribution in [2.24, 2.45) is 0 Å². The molecule has 0 aliphatic rings. The van der Waals surface area contributed by atoms with Crippen molar-refractivity contribution >= 4 is 17.3 Å². The lowest BCUT2D eigenvalue weighted by atomic mass is 9.94. The van der Waals surface area contributed by atoms with Crippen LogP contribution in [0, 0.1) is 6.57 Å². The topological polar surface area (TPSA) is 63.5 Å². The van der Waals surface area contributed by atoms with Gasteiger partial charge in [0.05, 0.1) is 18.6 Å². The number of hydrogen-bond acceptors (Lipinski definition) is 4. The van der Waals surface area contributed by atoms with Gasteiger partial charge >= 0.3 is 0 Å². The second-order valence-electron chi connectivity index (χ2n) is 5.76. The van der Waals surface area contributed by atoms with E-state index in [2.05, 4.69) is 15.0 Å². The third-order valence-electron chi connectivity index (χ3n) is 3.95. The van der Waals surface area contributed by atoms with Crippen molar-refractivity contribution in [1.29, 1.82) is 0 Å². The molecule has 0 aliphatic heterocycles. The smallest absolute Gasteiger partial charge is 0.247 e. The van der Waals surface area contributed by atoms with E-state index in [1.807, 2.05) is 36.4 Å². The number of hydrogen-bond donors (Lipinski definition) is 1. The molecule has 25 heavy (non-hydrogen) atoms. The summed E-state index contributed by atoms with van der Waals surface area (Å²) in [4.78, 5) is 3.35. The van der Waals surface area contributed by atoms with Gasteiger partial charge in [0.15, 0.2) is 0 Å². The summed E-state index contributed by atoms with van der Waals surface area (Å²) < 4.78 is 5.78. The molecular weight excluding hydrogens is 338 g/mol. The largest absolute Gasteiger partial charge is 0.420 e. The monoisotopic (exact) mass is 353 g/mol. The Bertz CT molecular complexity index is 901. The molecule has 0 unspecified atom stereocenters. The third kappa shape index (κ3) is 3.87. The van der Waals surface area contributed by atoms with Crippen molar-refractivity contribution in [2.45, 2.75) is 25.4 Å². The highest BCUT2D eigenvalue weighted by Gasteiger charge is 2.25.